The molecule has 1 aliphatic rings. The van der Waals surface area contributed by atoms with Crippen LogP contribution in [0.4, 0.5) is 0 Å². The number of nitrogens with zero attached hydrogens (tertiary/aromatic N) is 1. The van der Waals surface area contributed by atoms with Gasteiger partial charge in [-0.3, -0.25) is 4.79 Å². The number of hydrogen-bond donors (Lipinski definition) is 2. The number of aliphatic hydroxyl groups is 2. The number of amides is 1. The van der Waals surface area contributed by atoms with Gasteiger partial charge in [0.15, 0.2) is 0 Å². The molecule has 1 aliphatic heterocycles. The molecule has 0 radical (unpaired) electrons. The highest BCUT2D eigenvalue weighted by Crippen LogP contribution is 2.35. The lowest BCUT2D eigenvalue weighted by atomic mass is 9.74. The van der Waals surface area contributed by atoms with E-state index in [1.54, 1.807) is 11.0 Å². The number of carbonyl (C=O) groups excluding carboxylic acids is 1. The van der Waals surface area contributed by atoms with E-state index in [2.05, 4.69) is 0 Å². The lowest BCUT2D eigenvalue weighted by Crippen LogP contribution is -2.55. The first kappa shape index (κ1) is 17.3. The number of benzene rings is 1. The second-order valence-electron chi connectivity index (χ2n) is 6.16. The summed E-state index contributed by atoms with van der Waals surface area (Å²) in [6.45, 7) is 2.85. The normalized spacial score (nSPS) is 25.3. The highest BCUT2D eigenvalue weighted by atomic mass is 35.5. The van der Waals surface area contributed by atoms with Gasteiger partial charge in [0, 0.05) is 23.5 Å². The van der Waals surface area contributed by atoms with Gasteiger partial charge < -0.3 is 15.1 Å². The molecule has 1 aromatic carbocycles. The highest BCUT2D eigenvalue weighted by molar-refractivity contribution is 6.31. The number of likely N-dealkylation sites (tertiary alicyclic amines) is 1. The minimum atomic E-state index is -0.594. The van der Waals surface area contributed by atoms with Gasteiger partial charge in [-0.1, -0.05) is 43.1 Å². The Labute approximate surface area is 136 Å². The number of carbonyl (C=O) groups is 1. The summed E-state index contributed by atoms with van der Waals surface area (Å²) >= 11 is 6.11. The topological polar surface area (TPSA) is 60.8 Å². The molecule has 0 aromatic heterocycles. The van der Waals surface area contributed by atoms with Crippen LogP contribution in [-0.4, -0.2) is 46.8 Å². The van der Waals surface area contributed by atoms with Crippen LogP contribution in [0.2, 0.25) is 5.02 Å². The molecule has 122 valence electrons. The van der Waals surface area contributed by atoms with Crippen molar-refractivity contribution in [2.45, 2.75) is 38.7 Å². The largest absolute Gasteiger partial charge is 0.396 e. The average molecular weight is 326 g/mol. The summed E-state index contributed by atoms with van der Waals surface area (Å²) in [5.74, 6) is -0.00562. The Morgan fingerprint density at radius 2 is 2.18 bits per heavy atom. The summed E-state index contributed by atoms with van der Waals surface area (Å²) in [6, 6.07) is 7.33. The van der Waals surface area contributed by atoms with Crippen molar-refractivity contribution >= 4 is 17.5 Å². The van der Waals surface area contributed by atoms with Crippen LogP contribution in [0.5, 0.6) is 0 Å². The van der Waals surface area contributed by atoms with E-state index in [0.29, 0.717) is 31.0 Å². The smallest absolute Gasteiger partial charge is 0.227 e. The quantitative estimate of drug-likeness (QED) is 0.873. The zero-order valence-corrected chi connectivity index (χ0v) is 13.7. The fourth-order valence-corrected chi connectivity index (χ4v) is 3.46. The van der Waals surface area contributed by atoms with Crippen molar-refractivity contribution in [2.24, 2.45) is 5.41 Å². The van der Waals surface area contributed by atoms with E-state index in [-0.39, 0.29) is 18.9 Å². The molecule has 22 heavy (non-hydrogen) atoms. The Balaban J connectivity index is 2.09. The van der Waals surface area contributed by atoms with Gasteiger partial charge >= 0.3 is 0 Å². The summed E-state index contributed by atoms with van der Waals surface area (Å²) in [7, 11) is 0. The molecule has 1 amide bonds. The van der Waals surface area contributed by atoms with E-state index >= 15 is 0 Å². The first-order chi connectivity index (χ1) is 10.5. The van der Waals surface area contributed by atoms with Gasteiger partial charge in [0.05, 0.1) is 19.1 Å². The van der Waals surface area contributed by atoms with Crippen LogP contribution >= 0.6 is 11.6 Å². The van der Waals surface area contributed by atoms with E-state index < -0.39 is 11.5 Å². The Bertz CT molecular complexity index is 522. The molecule has 1 saturated heterocycles. The third-order valence-electron chi connectivity index (χ3n) is 4.60. The maximum Gasteiger partial charge on any atom is 0.227 e. The molecule has 1 fully saturated rings. The van der Waals surface area contributed by atoms with Crippen LogP contribution in [-0.2, 0) is 11.2 Å². The number of hydrogen-bond acceptors (Lipinski definition) is 3. The summed E-state index contributed by atoms with van der Waals surface area (Å²) in [5.41, 5.74) is 0.216. The molecule has 0 bridgehead atoms. The minimum absolute atomic E-state index is 0.00562. The number of rotatable bonds is 5. The Kier molecular flexibility index (Phi) is 5.84. The Morgan fingerprint density at radius 1 is 1.45 bits per heavy atom. The van der Waals surface area contributed by atoms with Gasteiger partial charge in [-0.2, -0.15) is 0 Å². The first-order valence-corrected chi connectivity index (χ1v) is 8.20. The standard InChI is InChI=1S/C17H24ClNO3/c1-2-8-17(12-20)11-19(9-7-15(17)21)16(22)10-13-5-3-4-6-14(13)18/h3-6,15,20-21H,2,7-12H2,1H3/t15-,17+/m1/s1. The molecular formula is C17H24ClNO3. The van der Waals surface area contributed by atoms with Crippen LogP contribution < -0.4 is 0 Å². The molecule has 0 aliphatic carbocycles. The van der Waals surface area contributed by atoms with Crippen LogP contribution in [0.3, 0.4) is 0 Å². The monoisotopic (exact) mass is 325 g/mol. The van der Waals surface area contributed by atoms with E-state index in [1.165, 1.54) is 0 Å². The third-order valence-corrected chi connectivity index (χ3v) is 4.97. The lowest BCUT2D eigenvalue weighted by Gasteiger charge is -2.45. The summed E-state index contributed by atoms with van der Waals surface area (Å²) in [6.07, 6.45) is 1.78. The Hall–Kier alpha value is -1.10. The molecule has 5 heteroatoms. The van der Waals surface area contributed by atoms with Crippen LogP contribution in [0.1, 0.15) is 31.7 Å². The Morgan fingerprint density at radius 3 is 2.82 bits per heavy atom. The molecular weight excluding hydrogens is 302 g/mol. The van der Waals surface area contributed by atoms with Crippen molar-refractivity contribution in [1.29, 1.82) is 0 Å². The van der Waals surface area contributed by atoms with Crippen molar-refractivity contribution in [1.82, 2.24) is 4.90 Å². The zero-order chi connectivity index (χ0) is 16.2. The fourth-order valence-electron chi connectivity index (χ4n) is 3.26. The fraction of sp³-hybridized carbons (Fsp3) is 0.588. The van der Waals surface area contributed by atoms with Gasteiger partial charge in [-0.05, 0) is 24.5 Å². The van der Waals surface area contributed by atoms with Gasteiger partial charge in [0.25, 0.3) is 0 Å². The van der Waals surface area contributed by atoms with Gasteiger partial charge in [-0.15, -0.1) is 0 Å². The van der Waals surface area contributed by atoms with E-state index in [1.807, 2.05) is 25.1 Å². The molecule has 1 aromatic rings. The zero-order valence-electron chi connectivity index (χ0n) is 13.0. The molecule has 2 rings (SSSR count). The molecule has 0 unspecified atom stereocenters. The van der Waals surface area contributed by atoms with Crippen molar-refractivity contribution in [3.05, 3.63) is 34.9 Å². The van der Waals surface area contributed by atoms with Crippen molar-refractivity contribution in [3.63, 3.8) is 0 Å². The molecule has 1 heterocycles. The number of aliphatic hydroxyl groups excluding tert-OH is 2. The van der Waals surface area contributed by atoms with Crippen LogP contribution in [0, 0.1) is 5.41 Å². The highest BCUT2D eigenvalue weighted by Gasteiger charge is 2.42. The molecule has 0 spiro atoms. The van der Waals surface area contributed by atoms with Gasteiger partial charge in [0.1, 0.15) is 0 Å². The second-order valence-corrected chi connectivity index (χ2v) is 6.57. The number of piperidine rings is 1. The third kappa shape index (κ3) is 3.62. The summed E-state index contributed by atoms with van der Waals surface area (Å²) in [5, 5.41) is 20.6. The van der Waals surface area contributed by atoms with Crippen molar-refractivity contribution in [3.8, 4) is 0 Å². The molecule has 2 N–H and O–H groups in total. The number of halogens is 1. The lowest BCUT2D eigenvalue weighted by molar-refractivity contribution is -0.141. The summed E-state index contributed by atoms with van der Waals surface area (Å²) in [4.78, 5) is 14.3. The van der Waals surface area contributed by atoms with Gasteiger partial charge in [0.2, 0.25) is 5.91 Å². The minimum Gasteiger partial charge on any atom is -0.396 e. The molecule has 0 saturated carbocycles. The van der Waals surface area contributed by atoms with Crippen molar-refractivity contribution in [2.75, 3.05) is 19.7 Å². The van der Waals surface area contributed by atoms with Crippen LogP contribution in [0.15, 0.2) is 24.3 Å². The maximum absolute atomic E-state index is 12.5. The maximum atomic E-state index is 12.5. The van der Waals surface area contributed by atoms with E-state index in [9.17, 15) is 15.0 Å². The second kappa shape index (κ2) is 7.44. The predicted molar refractivity (Wildman–Crippen MR) is 86.8 cm³/mol. The van der Waals surface area contributed by atoms with E-state index in [0.717, 1.165) is 12.0 Å². The predicted octanol–water partition coefficient (Wildman–Crippen LogP) is 2.25. The van der Waals surface area contributed by atoms with Gasteiger partial charge in [-0.25, -0.2) is 0 Å². The van der Waals surface area contributed by atoms with E-state index in [4.69, 9.17) is 11.6 Å². The van der Waals surface area contributed by atoms with Crippen molar-refractivity contribution < 1.29 is 15.0 Å². The molecule has 4 nitrogen and oxygen atoms in total. The summed E-state index contributed by atoms with van der Waals surface area (Å²) < 4.78 is 0. The molecule has 2 atom stereocenters. The SMILES string of the molecule is CCC[C@@]1(CO)CN(C(=O)Cc2ccccc2Cl)CC[C@H]1O. The average Bonchev–Trinajstić information content (AvgIpc) is 2.52. The van der Waals surface area contributed by atoms with Crippen LogP contribution in [0.25, 0.3) is 0 Å². The first-order valence-electron chi connectivity index (χ1n) is 7.82.